The predicted molar refractivity (Wildman–Crippen MR) is 85.9 cm³/mol. The summed E-state index contributed by atoms with van der Waals surface area (Å²) in [5.74, 6) is 0.625. The highest BCUT2D eigenvalue weighted by atomic mass is 19.1. The molecule has 0 aliphatic heterocycles. The average molecular weight is 317 g/mol. The summed E-state index contributed by atoms with van der Waals surface area (Å²) in [5.41, 5.74) is 0.889. The molecule has 122 valence electrons. The van der Waals surface area contributed by atoms with Gasteiger partial charge in [-0.1, -0.05) is 25.1 Å². The first-order valence-corrected chi connectivity index (χ1v) is 7.46. The van der Waals surface area contributed by atoms with Crippen molar-refractivity contribution >= 4 is 5.91 Å². The van der Waals surface area contributed by atoms with E-state index < -0.39 is 6.10 Å². The minimum absolute atomic E-state index is 0.220. The van der Waals surface area contributed by atoms with Gasteiger partial charge in [-0.25, -0.2) is 4.39 Å². The largest absolute Gasteiger partial charge is 0.496 e. The van der Waals surface area contributed by atoms with Crippen molar-refractivity contribution in [2.24, 2.45) is 0 Å². The third-order valence-corrected chi connectivity index (χ3v) is 3.40. The van der Waals surface area contributed by atoms with Crippen molar-refractivity contribution in [2.45, 2.75) is 26.0 Å². The second kappa shape index (κ2) is 8.17. The Kier molecular flexibility index (Phi) is 5.97. The minimum atomic E-state index is -0.629. The van der Waals surface area contributed by atoms with Crippen LogP contribution in [0.2, 0.25) is 0 Å². The highest BCUT2D eigenvalue weighted by Crippen LogP contribution is 2.17. The number of ether oxygens (including phenoxy) is 2. The number of nitrogens with one attached hydrogen (secondary N) is 1. The first kappa shape index (κ1) is 16.8. The molecule has 0 saturated carbocycles. The molecule has 0 heterocycles. The van der Waals surface area contributed by atoms with E-state index in [4.69, 9.17) is 9.47 Å². The molecule has 23 heavy (non-hydrogen) atoms. The molecule has 1 N–H and O–H groups in total. The summed E-state index contributed by atoms with van der Waals surface area (Å²) in [5, 5.41) is 2.84. The monoisotopic (exact) mass is 317 g/mol. The van der Waals surface area contributed by atoms with Crippen LogP contribution in [0.4, 0.5) is 4.39 Å². The van der Waals surface area contributed by atoms with Crippen LogP contribution >= 0.6 is 0 Å². The normalized spacial score (nSPS) is 11.6. The Bertz CT molecular complexity index is 643. The van der Waals surface area contributed by atoms with Crippen molar-refractivity contribution in [3.8, 4) is 11.5 Å². The summed E-state index contributed by atoms with van der Waals surface area (Å²) < 4.78 is 23.8. The Hall–Kier alpha value is -2.56. The Balaban J connectivity index is 1.96. The van der Waals surface area contributed by atoms with Gasteiger partial charge in [0.15, 0.2) is 6.10 Å². The number of rotatable bonds is 7. The Morgan fingerprint density at radius 1 is 1.17 bits per heavy atom. The molecule has 2 rings (SSSR count). The molecule has 1 amide bonds. The second-order valence-corrected chi connectivity index (χ2v) is 5.00. The van der Waals surface area contributed by atoms with Crippen molar-refractivity contribution in [3.63, 3.8) is 0 Å². The number of halogens is 1. The van der Waals surface area contributed by atoms with E-state index in [1.807, 2.05) is 31.2 Å². The number of benzene rings is 2. The number of carbonyl (C=O) groups is 1. The van der Waals surface area contributed by atoms with Gasteiger partial charge in [0.25, 0.3) is 5.91 Å². The van der Waals surface area contributed by atoms with Crippen LogP contribution in [0.5, 0.6) is 11.5 Å². The van der Waals surface area contributed by atoms with Crippen LogP contribution in [0.1, 0.15) is 18.9 Å². The fourth-order valence-electron chi connectivity index (χ4n) is 2.14. The number of para-hydroxylation sites is 1. The molecular weight excluding hydrogens is 297 g/mol. The molecule has 4 nitrogen and oxygen atoms in total. The molecular formula is C18H20FNO3. The van der Waals surface area contributed by atoms with Crippen LogP contribution in [0.3, 0.4) is 0 Å². The lowest BCUT2D eigenvalue weighted by atomic mass is 10.2. The molecule has 0 radical (unpaired) electrons. The lowest BCUT2D eigenvalue weighted by Crippen LogP contribution is -2.37. The summed E-state index contributed by atoms with van der Waals surface area (Å²) in [6, 6.07) is 13.1. The number of carbonyl (C=O) groups excluding carboxylic acids is 1. The molecule has 5 heteroatoms. The molecule has 2 aromatic rings. The third kappa shape index (κ3) is 4.71. The molecule has 0 aliphatic carbocycles. The summed E-state index contributed by atoms with van der Waals surface area (Å²) >= 11 is 0. The summed E-state index contributed by atoms with van der Waals surface area (Å²) in [4.78, 5) is 12.3. The van der Waals surface area contributed by atoms with Gasteiger partial charge in [0.2, 0.25) is 0 Å². The van der Waals surface area contributed by atoms with Gasteiger partial charge in [-0.2, -0.15) is 0 Å². The fraction of sp³-hybridized carbons (Fsp3) is 0.278. The highest BCUT2D eigenvalue weighted by Gasteiger charge is 2.18. The van der Waals surface area contributed by atoms with E-state index in [-0.39, 0.29) is 11.7 Å². The first-order valence-electron chi connectivity index (χ1n) is 7.46. The summed E-state index contributed by atoms with van der Waals surface area (Å²) in [6.45, 7) is 2.21. The van der Waals surface area contributed by atoms with E-state index in [0.29, 0.717) is 18.7 Å². The summed E-state index contributed by atoms with van der Waals surface area (Å²) in [7, 11) is 1.59. The Labute approximate surface area is 135 Å². The van der Waals surface area contributed by atoms with Gasteiger partial charge in [0, 0.05) is 12.1 Å². The van der Waals surface area contributed by atoms with Gasteiger partial charge in [-0.3, -0.25) is 4.79 Å². The van der Waals surface area contributed by atoms with Crippen molar-refractivity contribution in [1.82, 2.24) is 5.32 Å². The van der Waals surface area contributed by atoms with Crippen molar-refractivity contribution in [2.75, 3.05) is 7.11 Å². The van der Waals surface area contributed by atoms with Crippen molar-refractivity contribution in [1.29, 1.82) is 0 Å². The van der Waals surface area contributed by atoms with Crippen molar-refractivity contribution in [3.05, 3.63) is 59.9 Å². The molecule has 0 fully saturated rings. The minimum Gasteiger partial charge on any atom is -0.496 e. The number of methoxy groups -OCH3 is 1. The van der Waals surface area contributed by atoms with E-state index in [2.05, 4.69) is 5.32 Å². The number of hydrogen-bond acceptors (Lipinski definition) is 3. The van der Waals surface area contributed by atoms with Crippen LogP contribution in [0, 0.1) is 5.82 Å². The van der Waals surface area contributed by atoms with Gasteiger partial charge < -0.3 is 14.8 Å². The zero-order valence-electron chi connectivity index (χ0n) is 13.2. The molecule has 0 aliphatic rings. The first-order chi connectivity index (χ1) is 11.1. The van der Waals surface area contributed by atoms with E-state index in [0.717, 1.165) is 11.3 Å². The summed E-state index contributed by atoms with van der Waals surface area (Å²) in [6.07, 6.45) is -0.120. The number of amides is 1. The standard InChI is InChI=1S/C18H20FNO3/c1-3-16(23-15-10-8-14(19)9-11-15)18(21)20-12-13-6-4-5-7-17(13)22-2/h4-11,16H,3,12H2,1-2H3,(H,20,21). The highest BCUT2D eigenvalue weighted by molar-refractivity contribution is 5.81. The van der Waals surface area contributed by atoms with Crippen molar-refractivity contribution < 1.29 is 18.7 Å². The molecule has 1 atom stereocenters. The zero-order chi connectivity index (χ0) is 16.7. The zero-order valence-corrected chi connectivity index (χ0v) is 13.2. The topological polar surface area (TPSA) is 47.6 Å². The molecule has 0 bridgehead atoms. The Morgan fingerprint density at radius 2 is 1.87 bits per heavy atom. The van der Waals surface area contributed by atoms with E-state index in [1.165, 1.54) is 24.3 Å². The third-order valence-electron chi connectivity index (χ3n) is 3.40. The smallest absolute Gasteiger partial charge is 0.261 e. The van der Waals surface area contributed by atoms with E-state index in [9.17, 15) is 9.18 Å². The van der Waals surface area contributed by atoms with Gasteiger partial charge >= 0.3 is 0 Å². The lowest BCUT2D eigenvalue weighted by molar-refractivity contribution is -0.128. The molecule has 0 aromatic heterocycles. The van der Waals surface area contributed by atoms with Gasteiger partial charge in [-0.15, -0.1) is 0 Å². The predicted octanol–water partition coefficient (Wildman–Crippen LogP) is 3.31. The lowest BCUT2D eigenvalue weighted by Gasteiger charge is -2.18. The number of hydrogen-bond donors (Lipinski definition) is 1. The second-order valence-electron chi connectivity index (χ2n) is 5.00. The quantitative estimate of drug-likeness (QED) is 0.852. The van der Waals surface area contributed by atoms with Crippen LogP contribution < -0.4 is 14.8 Å². The fourth-order valence-corrected chi connectivity index (χ4v) is 2.14. The van der Waals surface area contributed by atoms with Gasteiger partial charge in [-0.05, 0) is 36.8 Å². The van der Waals surface area contributed by atoms with Crippen LogP contribution in [-0.4, -0.2) is 19.1 Å². The van der Waals surface area contributed by atoms with E-state index in [1.54, 1.807) is 7.11 Å². The molecule has 0 saturated heterocycles. The van der Waals surface area contributed by atoms with Crippen LogP contribution in [0.25, 0.3) is 0 Å². The maximum atomic E-state index is 12.9. The Morgan fingerprint density at radius 3 is 2.52 bits per heavy atom. The van der Waals surface area contributed by atoms with E-state index >= 15 is 0 Å². The SMILES string of the molecule is CCC(Oc1ccc(F)cc1)C(=O)NCc1ccccc1OC. The molecule has 2 aromatic carbocycles. The van der Waals surface area contributed by atoms with Gasteiger partial charge in [0.05, 0.1) is 7.11 Å². The van der Waals surface area contributed by atoms with Gasteiger partial charge in [0.1, 0.15) is 17.3 Å². The van der Waals surface area contributed by atoms with Crippen LogP contribution in [-0.2, 0) is 11.3 Å². The molecule has 1 unspecified atom stereocenters. The molecule has 0 spiro atoms. The maximum absolute atomic E-state index is 12.9. The average Bonchev–Trinajstić information content (AvgIpc) is 2.59. The maximum Gasteiger partial charge on any atom is 0.261 e. The van der Waals surface area contributed by atoms with Crippen LogP contribution in [0.15, 0.2) is 48.5 Å².